The maximum absolute atomic E-state index is 5.66. The third-order valence-corrected chi connectivity index (χ3v) is 5.34. The highest BCUT2D eigenvalue weighted by Gasteiger charge is 2.55. The summed E-state index contributed by atoms with van der Waals surface area (Å²) >= 11 is 0. The molecule has 138 valence electrons. The summed E-state index contributed by atoms with van der Waals surface area (Å²) in [5.74, 6) is 0. The van der Waals surface area contributed by atoms with Gasteiger partial charge in [-0.15, -0.1) is 0 Å². The first-order chi connectivity index (χ1) is 13.4. The molecule has 0 amide bonds. The van der Waals surface area contributed by atoms with Crippen LogP contribution in [0.25, 0.3) is 0 Å². The molecule has 3 aromatic rings. The molecule has 1 unspecified atom stereocenters. The second kappa shape index (κ2) is 8.05. The van der Waals surface area contributed by atoms with Crippen LogP contribution in [0.3, 0.4) is 0 Å². The van der Waals surface area contributed by atoms with Gasteiger partial charge in [-0.1, -0.05) is 91.0 Å². The zero-order chi connectivity index (χ0) is 18.5. The molecule has 1 fully saturated rings. The van der Waals surface area contributed by atoms with Crippen LogP contribution in [-0.4, -0.2) is 32.6 Å². The third-order valence-electron chi connectivity index (χ3n) is 5.34. The second-order valence-electron chi connectivity index (χ2n) is 6.93. The molecule has 0 aromatic heterocycles. The Bertz CT molecular complexity index is 739. The zero-order valence-electron chi connectivity index (χ0n) is 15.5. The van der Waals surface area contributed by atoms with E-state index in [1.54, 1.807) is 7.11 Å². The topological polar surface area (TPSA) is 40.4 Å². The molecule has 1 saturated heterocycles. The number of methoxy groups -OCH3 is 1. The Morgan fingerprint density at radius 3 is 1.59 bits per heavy atom. The van der Waals surface area contributed by atoms with E-state index in [-0.39, 0.29) is 17.5 Å². The van der Waals surface area contributed by atoms with E-state index in [4.69, 9.17) is 9.47 Å². The Morgan fingerprint density at radius 2 is 1.19 bits per heavy atom. The Balaban J connectivity index is 1.84. The second-order valence-corrected chi connectivity index (χ2v) is 6.93. The van der Waals surface area contributed by atoms with Crippen molar-refractivity contribution in [2.45, 2.75) is 17.5 Å². The molecule has 3 nitrogen and oxygen atoms in total. The first-order valence-electron chi connectivity index (χ1n) is 9.36. The SMILES string of the molecule is COCOCC1N[C@@H]1C(c1ccccc1)(c1ccccc1)c1ccccc1. The number of rotatable bonds is 8. The van der Waals surface area contributed by atoms with E-state index >= 15 is 0 Å². The monoisotopic (exact) mass is 359 g/mol. The zero-order valence-corrected chi connectivity index (χ0v) is 15.5. The van der Waals surface area contributed by atoms with Gasteiger partial charge in [0.05, 0.1) is 12.0 Å². The van der Waals surface area contributed by atoms with Crippen molar-refractivity contribution in [3.63, 3.8) is 0 Å². The van der Waals surface area contributed by atoms with Crippen LogP contribution < -0.4 is 5.32 Å². The van der Waals surface area contributed by atoms with Crippen LogP contribution in [0.15, 0.2) is 91.0 Å². The van der Waals surface area contributed by atoms with Crippen LogP contribution in [0.2, 0.25) is 0 Å². The maximum atomic E-state index is 5.66. The van der Waals surface area contributed by atoms with Gasteiger partial charge in [0, 0.05) is 19.2 Å². The molecule has 0 aliphatic carbocycles. The standard InChI is InChI=1S/C24H25NO2/c1-26-18-27-17-22-23(25-22)24(19-11-5-2-6-12-19,20-13-7-3-8-14-20)21-15-9-4-10-16-21/h2-16,22-23,25H,17-18H2,1H3/t22?,23-/m0/s1. The lowest BCUT2D eigenvalue weighted by atomic mass is 9.66. The molecule has 3 aromatic carbocycles. The molecule has 0 spiro atoms. The largest absolute Gasteiger partial charge is 0.359 e. The number of benzene rings is 3. The van der Waals surface area contributed by atoms with Gasteiger partial charge in [-0.05, 0) is 16.7 Å². The minimum atomic E-state index is -0.273. The normalized spacial score (nSPS) is 19.0. The highest BCUT2D eigenvalue weighted by Crippen LogP contribution is 2.47. The van der Waals surface area contributed by atoms with E-state index in [1.165, 1.54) is 16.7 Å². The fourth-order valence-corrected chi connectivity index (χ4v) is 4.15. The lowest BCUT2D eigenvalue weighted by molar-refractivity contribution is -0.0301. The Labute approximate surface area is 161 Å². The van der Waals surface area contributed by atoms with Crippen molar-refractivity contribution in [1.29, 1.82) is 0 Å². The van der Waals surface area contributed by atoms with Crippen LogP contribution >= 0.6 is 0 Å². The molecule has 1 heterocycles. The summed E-state index contributed by atoms with van der Waals surface area (Å²) in [6.45, 7) is 0.951. The minimum absolute atomic E-state index is 0.251. The molecule has 1 N–H and O–H groups in total. The van der Waals surface area contributed by atoms with Crippen molar-refractivity contribution in [3.8, 4) is 0 Å². The molecular formula is C24H25NO2. The van der Waals surface area contributed by atoms with Crippen molar-refractivity contribution < 1.29 is 9.47 Å². The van der Waals surface area contributed by atoms with Crippen molar-refractivity contribution in [2.75, 3.05) is 20.5 Å². The minimum Gasteiger partial charge on any atom is -0.359 e. The number of hydrogen-bond donors (Lipinski definition) is 1. The summed E-state index contributed by atoms with van der Waals surface area (Å²) in [6.07, 6.45) is 0. The van der Waals surface area contributed by atoms with E-state index in [9.17, 15) is 0 Å². The van der Waals surface area contributed by atoms with Crippen molar-refractivity contribution in [1.82, 2.24) is 5.32 Å². The Kier molecular flexibility index (Phi) is 5.35. The summed E-state index contributed by atoms with van der Waals surface area (Å²) in [7, 11) is 1.65. The fourth-order valence-electron chi connectivity index (χ4n) is 4.15. The Morgan fingerprint density at radius 1 is 0.741 bits per heavy atom. The van der Waals surface area contributed by atoms with Gasteiger partial charge >= 0.3 is 0 Å². The average molecular weight is 359 g/mol. The summed E-state index contributed by atoms with van der Waals surface area (Å²) < 4.78 is 10.7. The third kappa shape index (κ3) is 3.42. The van der Waals surface area contributed by atoms with E-state index in [1.807, 2.05) is 0 Å². The Hall–Kier alpha value is -2.46. The summed E-state index contributed by atoms with van der Waals surface area (Å²) in [4.78, 5) is 0. The summed E-state index contributed by atoms with van der Waals surface area (Å²) in [5.41, 5.74) is 3.59. The number of nitrogens with one attached hydrogen (secondary N) is 1. The van der Waals surface area contributed by atoms with Crippen molar-refractivity contribution in [2.24, 2.45) is 0 Å². The number of ether oxygens (including phenoxy) is 2. The summed E-state index contributed by atoms with van der Waals surface area (Å²) in [5, 5.41) is 3.68. The quantitative estimate of drug-likeness (QED) is 0.286. The van der Waals surface area contributed by atoms with E-state index < -0.39 is 0 Å². The van der Waals surface area contributed by atoms with Crippen LogP contribution in [-0.2, 0) is 14.9 Å². The predicted molar refractivity (Wildman–Crippen MR) is 108 cm³/mol. The van der Waals surface area contributed by atoms with Crippen LogP contribution in [0.4, 0.5) is 0 Å². The highest BCUT2D eigenvalue weighted by molar-refractivity contribution is 5.55. The smallest absolute Gasteiger partial charge is 0.146 e. The molecule has 2 atom stereocenters. The van der Waals surface area contributed by atoms with Crippen LogP contribution in [0.5, 0.6) is 0 Å². The van der Waals surface area contributed by atoms with Gasteiger partial charge in [0.2, 0.25) is 0 Å². The molecule has 3 heteroatoms. The van der Waals surface area contributed by atoms with E-state index in [0.717, 1.165) is 0 Å². The first kappa shape index (κ1) is 17.9. The highest BCUT2D eigenvalue weighted by atomic mass is 16.7. The lowest BCUT2D eigenvalue weighted by Crippen LogP contribution is -2.38. The van der Waals surface area contributed by atoms with Gasteiger partial charge in [0.15, 0.2) is 0 Å². The molecule has 27 heavy (non-hydrogen) atoms. The molecule has 0 bridgehead atoms. The molecule has 1 aliphatic heterocycles. The lowest BCUT2D eigenvalue weighted by Gasteiger charge is -2.36. The molecule has 0 radical (unpaired) electrons. The maximum Gasteiger partial charge on any atom is 0.146 e. The molecule has 1 aliphatic rings. The predicted octanol–water partition coefficient (Wildman–Crippen LogP) is 3.98. The van der Waals surface area contributed by atoms with E-state index in [0.29, 0.717) is 13.4 Å². The van der Waals surface area contributed by atoms with Gasteiger partial charge in [-0.2, -0.15) is 0 Å². The average Bonchev–Trinajstić information content (AvgIpc) is 3.51. The molecular weight excluding hydrogens is 334 g/mol. The van der Waals surface area contributed by atoms with Crippen molar-refractivity contribution >= 4 is 0 Å². The van der Waals surface area contributed by atoms with Crippen LogP contribution in [0.1, 0.15) is 16.7 Å². The van der Waals surface area contributed by atoms with Gasteiger partial charge < -0.3 is 14.8 Å². The van der Waals surface area contributed by atoms with E-state index in [2.05, 4.69) is 96.3 Å². The fraction of sp³-hybridized carbons (Fsp3) is 0.250. The number of hydrogen-bond acceptors (Lipinski definition) is 3. The molecule has 0 saturated carbocycles. The summed E-state index contributed by atoms with van der Waals surface area (Å²) in [6, 6.07) is 32.8. The van der Waals surface area contributed by atoms with Gasteiger partial charge in [0.25, 0.3) is 0 Å². The van der Waals surface area contributed by atoms with Gasteiger partial charge in [-0.25, -0.2) is 0 Å². The van der Waals surface area contributed by atoms with Gasteiger partial charge in [-0.3, -0.25) is 0 Å². The van der Waals surface area contributed by atoms with Crippen molar-refractivity contribution in [3.05, 3.63) is 108 Å². The van der Waals surface area contributed by atoms with Gasteiger partial charge in [0.1, 0.15) is 6.79 Å². The molecule has 4 rings (SSSR count). The van der Waals surface area contributed by atoms with Crippen LogP contribution in [0, 0.1) is 0 Å². The first-order valence-corrected chi connectivity index (χ1v) is 9.36.